The molecule has 1 aliphatic heterocycles. The van der Waals surface area contributed by atoms with E-state index in [4.69, 9.17) is 4.74 Å². The van der Waals surface area contributed by atoms with Crippen LogP contribution in [0, 0.1) is 5.82 Å². The lowest BCUT2D eigenvalue weighted by Gasteiger charge is -2.22. The van der Waals surface area contributed by atoms with Gasteiger partial charge in [0.05, 0.1) is 13.5 Å². The van der Waals surface area contributed by atoms with Crippen LogP contribution in [-0.2, 0) is 11.2 Å². The summed E-state index contributed by atoms with van der Waals surface area (Å²) in [5.41, 5.74) is 0.616. The van der Waals surface area contributed by atoms with Crippen molar-refractivity contribution in [3.63, 3.8) is 0 Å². The molecule has 0 atom stereocenters. The van der Waals surface area contributed by atoms with Gasteiger partial charge in [-0.2, -0.15) is 0 Å². The number of rotatable bonds is 5. The predicted molar refractivity (Wildman–Crippen MR) is 93.1 cm³/mol. The van der Waals surface area contributed by atoms with Crippen molar-refractivity contribution in [1.29, 1.82) is 0 Å². The monoisotopic (exact) mass is 351 g/mol. The summed E-state index contributed by atoms with van der Waals surface area (Å²) in [7, 11) is 1.41. The van der Waals surface area contributed by atoms with Crippen LogP contribution in [0.15, 0.2) is 18.2 Å². The highest BCUT2D eigenvalue weighted by atomic mass is 19.1. The summed E-state index contributed by atoms with van der Waals surface area (Å²) in [5, 5.41) is 2.86. The summed E-state index contributed by atoms with van der Waals surface area (Å²) in [5.74, 6) is -0.359. The molecule has 3 amide bonds. The normalized spacial score (nSPS) is 14.8. The molecule has 0 aliphatic carbocycles. The number of halogens is 1. The molecule has 6 nitrogen and oxygen atoms in total. The molecule has 1 heterocycles. The first-order valence-corrected chi connectivity index (χ1v) is 8.68. The Bertz CT molecular complexity index is 609. The standard InChI is InChI=1S/C18H26FN3O3/c1-3-7-20-18(24)22-9-4-8-21(10-11-22)17(23)13-14-5-6-16(25-2)15(19)12-14/h5-6,12H,3-4,7-11,13H2,1-2H3,(H,20,24). The van der Waals surface area contributed by atoms with Gasteiger partial charge in [-0.3, -0.25) is 4.79 Å². The zero-order valence-corrected chi connectivity index (χ0v) is 14.9. The molecule has 0 radical (unpaired) electrons. The minimum absolute atomic E-state index is 0.0552. The van der Waals surface area contributed by atoms with Crippen molar-refractivity contribution >= 4 is 11.9 Å². The average molecular weight is 351 g/mol. The topological polar surface area (TPSA) is 61.9 Å². The van der Waals surface area contributed by atoms with E-state index in [1.54, 1.807) is 15.9 Å². The smallest absolute Gasteiger partial charge is 0.317 e. The summed E-state index contributed by atoms with van der Waals surface area (Å²) in [6.07, 6.45) is 1.77. The molecule has 0 spiro atoms. The van der Waals surface area contributed by atoms with Crippen LogP contribution in [0.3, 0.4) is 0 Å². The number of carbonyl (C=O) groups is 2. The van der Waals surface area contributed by atoms with E-state index in [0.29, 0.717) is 38.3 Å². The molecule has 1 saturated heterocycles. The summed E-state index contributed by atoms with van der Waals surface area (Å²) in [4.78, 5) is 28.0. The number of carbonyl (C=O) groups excluding carboxylic acids is 2. The molecule has 7 heteroatoms. The fraction of sp³-hybridized carbons (Fsp3) is 0.556. The number of methoxy groups -OCH3 is 1. The molecule has 0 aromatic heterocycles. The third-order valence-electron chi connectivity index (χ3n) is 4.23. The van der Waals surface area contributed by atoms with E-state index in [1.807, 2.05) is 6.92 Å². The van der Waals surface area contributed by atoms with E-state index in [9.17, 15) is 14.0 Å². The number of ether oxygens (including phenoxy) is 1. The maximum atomic E-state index is 13.7. The molecule has 2 rings (SSSR count). The summed E-state index contributed by atoms with van der Waals surface area (Å²) in [6.45, 7) is 4.91. The Morgan fingerprint density at radius 3 is 2.60 bits per heavy atom. The molecule has 1 aromatic carbocycles. The van der Waals surface area contributed by atoms with Gasteiger partial charge >= 0.3 is 6.03 Å². The Kier molecular flexibility index (Phi) is 7.03. The van der Waals surface area contributed by atoms with Gasteiger partial charge in [-0.1, -0.05) is 13.0 Å². The largest absolute Gasteiger partial charge is 0.494 e. The molecular weight excluding hydrogens is 325 g/mol. The molecule has 1 fully saturated rings. The van der Waals surface area contributed by atoms with E-state index in [-0.39, 0.29) is 24.1 Å². The second-order valence-electron chi connectivity index (χ2n) is 6.10. The van der Waals surface area contributed by atoms with Gasteiger partial charge in [-0.05, 0) is 30.5 Å². The molecule has 1 N–H and O–H groups in total. The molecular formula is C18H26FN3O3. The summed E-state index contributed by atoms with van der Waals surface area (Å²) < 4.78 is 18.6. The van der Waals surface area contributed by atoms with Gasteiger partial charge in [-0.15, -0.1) is 0 Å². The third kappa shape index (κ3) is 5.34. The predicted octanol–water partition coefficient (Wildman–Crippen LogP) is 2.03. The maximum Gasteiger partial charge on any atom is 0.317 e. The molecule has 0 saturated carbocycles. The van der Waals surface area contributed by atoms with E-state index < -0.39 is 5.82 Å². The van der Waals surface area contributed by atoms with Gasteiger partial charge < -0.3 is 19.9 Å². The molecule has 0 bridgehead atoms. The van der Waals surface area contributed by atoms with Gasteiger partial charge in [0.1, 0.15) is 0 Å². The highest BCUT2D eigenvalue weighted by molar-refractivity contribution is 5.79. The van der Waals surface area contributed by atoms with E-state index in [1.165, 1.54) is 19.2 Å². The van der Waals surface area contributed by atoms with Crippen LogP contribution in [0.4, 0.5) is 9.18 Å². The van der Waals surface area contributed by atoms with Crippen LogP contribution in [0.1, 0.15) is 25.3 Å². The van der Waals surface area contributed by atoms with Gasteiger partial charge in [0, 0.05) is 32.7 Å². The summed E-state index contributed by atoms with van der Waals surface area (Å²) in [6, 6.07) is 4.48. The van der Waals surface area contributed by atoms with Crippen LogP contribution in [0.2, 0.25) is 0 Å². The Balaban J connectivity index is 1.90. The van der Waals surface area contributed by atoms with E-state index >= 15 is 0 Å². The quantitative estimate of drug-likeness (QED) is 0.883. The first-order valence-electron chi connectivity index (χ1n) is 8.68. The Morgan fingerprint density at radius 2 is 1.92 bits per heavy atom. The number of amides is 3. The lowest BCUT2D eigenvalue weighted by molar-refractivity contribution is -0.130. The van der Waals surface area contributed by atoms with Crippen LogP contribution in [-0.4, -0.2) is 61.6 Å². The Labute approximate surface area is 147 Å². The van der Waals surface area contributed by atoms with Gasteiger partial charge in [-0.25, -0.2) is 9.18 Å². The number of urea groups is 1. The molecule has 138 valence electrons. The summed E-state index contributed by atoms with van der Waals surface area (Å²) >= 11 is 0. The number of nitrogens with one attached hydrogen (secondary N) is 1. The fourth-order valence-corrected chi connectivity index (χ4v) is 2.82. The van der Waals surface area contributed by atoms with Crippen molar-refractivity contribution in [3.8, 4) is 5.75 Å². The lowest BCUT2D eigenvalue weighted by Crippen LogP contribution is -2.43. The van der Waals surface area contributed by atoms with E-state index in [2.05, 4.69) is 5.32 Å². The number of benzene rings is 1. The fourth-order valence-electron chi connectivity index (χ4n) is 2.82. The van der Waals surface area contributed by atoms with Crippen molar-refractivity contribution < 1.29 is 18.7 Å². The molecule has 1 aliphatic rings. The number of hydrogen-bond acceptors (Lipinski definition) is 3. The van der Waals surface area contributed by atoms with Crippen LogP contribution in [0.5, 0.6) is 5.75 Å². The number of nitrogens with zero attached hydrogens (tertiary/aromatic N) is 2. The Morgan fingerprint density at radius 1 is 1.20 bits per heavy atom. The van der Waals surface area contributed by atoms with Gasteiger partial charge in [0.2, 0.25) is 5.91 Å². The SMILES string of the molecule is CCCNC(=O)N1CCCN(C(=O)Cc2ccc(OC)c(F)c2)CC1. The van der Waals surface area contributed by atoms with Crippen molar-refractivity contribution in [2.75, 3.05) is 39.8 Å². The zero-order chi connectivity index (χ0) is 18.2. The van der Waals surface area contributed by atoms with Gasteiger partial charge in [0.15, 0.2) is 11.6 Å². The van der Waals surface area contributed by atoms with Crippen molar-refractivity contribution in [2.24, 2.45) is 0 Å². The average Bonchev–Trinajstić information content (AvgIpc) is 2.86. The molecule has 25 heavy (non-hydrogen) atoms. The van der Waals surface area contributed by atoms with Gasteiger partial charge in [0.25, 0.3) is 0 Å². The van der Waals surface area contributed by atoms with Crippen LogP contribution < -0.4 is 10.1 Å². The van der Waals surface area contributed by atoms with E-state index in [0.717, 1.165) is 12.8 Å². The van der Waals surface area contributed by atoms with Crippen LogP contribution in [0.25, 0.3) is 0 Å². The molecule has 0 unspecified atom stereocenters. The second kappa shape index (κ2) is 9.25. The minimum atomic E-state index is -0.470. The second-order valence-corrected chi connectivity index (χ2v) is 6.10. The highest BCUT2D eigenvalue weighted by Gasteiger charge is 2.22. The first-order chi connectivity index (χ1) is 12.0. The lowest BCUT2D eigenvalue weighted by atomic mass is 10.1. The third-order valence-corrected chi connectivity index (χ3v) is 4.23. The minimum Gasteiger partial charge on any atom is -0.494 e. The van der Waals surface area contributed by atoms with Crippen molar-refractivity contribution in [1.82, 2.24) is 15.1 Å². The first kappa shape index (κ1) is 19.0. The van der Waals surface area contributed by atoms with Crippen molar-refractivity contribution in [2.45, 2.75) is 26.2 Å². The molecule has 1 aromatic rings. The highest BCUT2D eigenvalue weighted by Crippen LogP contribution is 2.18. The Hall–Kier alpha value is -2.31. The number of hydrogen-bond donors (Lipinski definition) is 1. The zero-order valence-electron chi connectivity index (χ0n) is 14.9. The van der Waals surface area contributed by atoms with Crippen LogP contribution >= 0.6 is 0 Å². The van der Waals surface area contributed by atoms with Crippen molar-refractivity contribution in [3.05, 3.63) is 29.6 Å². The maximum absolute atomic E-state index is 13.7.